The molecule has 1 rings (SSSR count). The van der Waals surface area contributed by atoms with E-state index in [9.17, 15) is 13.2 Å². The van der Waals surface area contributed by atoms with Crippen molar-refractivity contribution in [1.29, 1.82) is 0 Å². The lowest BCUT2D eigenvalue weighted by molar-refractivity contribution is -0.135. The maximum absolute atomic E-state index is 11.0. The van der Waals surface area contributed by atoms with Crippen molar-refractivity contribution < 1.29 is 13.2 Å². The summed E-state index contributed by atoms with van der Waals surface area (Å²) in [5, 5.41) is 0. The number of rotatable bonds is 1. The van der Waals surface area contributed by atoms with Crippen molar-refractivity contribution in [2.75, 3.05) is 6.26 Å². The highest BCUT2D eigenvalue weighted by molar-refractivity contribution is 7.88. The van der Waals surface area contributed by atoms with Crippen LogP contribution in [0.5, 0.6) is 0 Å². The molecule has 1 heterocycles. The molecule has 4 nitrogen and oxygen atoms in total. The molecule has 1 aliphatic heterocycles. The van der Waals surface area contributed by atoms with Crippen molar-refractivity contribution in [3.63, 3.8) is 0 Å². The van der Waals surface area contributed by atoms with E-state index in [1.54, 1.807) is 13.8 Å². The van der Waals surface area contributed by atoms with Crippen molar-refractivity contribution in [3.8, 4) is 0 Å². The van der Waals surface area contributed by atoms with E-state index >= 15 is 0 Å². The Bertz CT molecular complexity index is 270. The summed E-state index contributed by atoms with van der Waals surface area (Å²) in [7, 11) is -3.18. The summed E-state index contributed by atoms with van der Waals surface area (Å²) in [6, 6.07) is -0.917. The third-order valence-corrected chi connectivity index (χ3v) is 3.37. The molecule has 0 spiro atoms. The summed E-state index contributed by atoms with van der Waals surface area (Å²) in [5.74, 6) is -0.00424. The lowest BCUT2D eigenvalue weighted by atomic mass is 9.99. The van der Waals surface area contributed by atoms with E-state index in [1.165, 1.54) is 4.31 Å². The van der Waals surface area contributed by atoms with Crippen LogP contribution in [0.25, 0.3) is 0 Å². The summed E-state index contributed by atoms with van der Waals surface area (Å²) < 4.78 is 23.1. The lowest BCUT2D eigenvalue weighted by Crippen LogP contribution is -2.63. The Morgan fingerprint density at radius 1 is 1.27 bits per heavy atom. The zero-order valence-electron chi connectivity index (χ0n) is 6.73. The number of ketones is 1. The Morgan fingerprint density at radius 3 is 1.82 bits per heavy atom. The Kier molecular flexibility index (Phi) is 1.80. The summed E-state index contributed by atoms with van der Waals surface area (Å²) >= 11 is 0. The molecule has 0 aromatic rings. The summed E-state index contributed by atoms with van der Waals surface area (Å²) in [5.41, 5.74) is 0. The Hall–Kier alpha value is -0.420. The van der Waals surface area contributed by atoms with Gasteiger partial charge in [0.05, 0.1) is 18.3 Å². The largest absolute Gasteiger partial charge is 0.296 e. The van der Waals surface area contributed by atoms with Crippen molar-refractivity contribution in [2.45, 2.75) is 25.9 Å². The standard InChI is InChI=1S/C6H11NO3S/c1-4-6(8)5(2)7(4)11(3,9)10/h4-5H,1-3H3. The first-order chi connectivity index (χ1) is 4.85. The average molecular weight is 177 g/mol. The number of carbonyl (C=O) groups is 1. The Labute approximate surface area is 66.2 Å². The van der Waals surface area contributed by atoms with Crippen LogP contribution in [0, 0.1) is 0 Å². The molecule has 0 saturated carbocycles. The second-order valence-corrected chi connectivity index (χ2v) is 4.73. The smallest absolute Gasteiger partial charge is 0.212 e. The topological polar surface area (TPSA) is 54.5 Å². The van der Waals surface area contributed by atoms with E-state index in [0.717, 1.165) is 6.26 Å². The van der Waals surface area contributed by atoms with Gasteiger partial charge in [0.2, 0.25) is 10.0 Å². The number of hydrogen-bond donors (Lipinski definition) is 0. The van der Waals surface area contributed by atoms with Crippen LogP contribution >= 0.6 is 0 Å². The van der Waals surface area contributed by atoms with Gasteiger partial charge in [0.15, 0.2) is 5.78 Å². The Balaban J connectivity index is 2.88. The van der Waals surface area contributed by atoms with Gasteiger partial charge in [-0.15, -0.1) is 0 Å². The highest BCUT2D eigenvalue weighted by Gasteiger charge is 2.46. The minimum atomic E-state index is -3.18. The van der Waals surface area contributed by atoms with Gasteiger partial charge < -0.3 is 0 Å². The second-order valence-electron chi connectivity index (χ2n) is 2.85. The molecule has 11 heavy (non-hydrogen) atoms. The normalized spacial score (nSPS) is 33.5. The van der Waals surface area contributed by atoms with Crippen molar-refractivity contribution in [1.82, 2.24) is 4.31 Å². The van der Waals surface area contributed by atoms with E-state index in [4.69, 9.17) is 0 Å². The lowest BCUT2D eigenvalue weighted by Gasteiger charge is -2.40. The molecule has 0 radical (unpaired) electrons. The van der Waals surface area contributed by atoms with Gasteiger partial charge in [-0.25, -0.2) is 8.42 Å². The predicted octanol–water partition coefficient (Wildman–Crippen LogP) is -0.392. The van der Waals surface area contributed by atoms with Crippen LogP contribution in [0.4, 0.5) is 0 Å². The van der Waals surface area contributed by atoms with Gasteiger partial charge in [0.25, 0.3) is 0 Å². The van der Waals surface area contributed by atoms with Crippen LogP contribution in [0.2, 0.25) is 0 Å². The molecule has 0 aromatic heterocycles. The first-order valence-corrected chi connectivity index (χ1v) is 5.23. The van der Waals surface area contributed by atoms with Crippen LogP contribution in [0.15, 0.2) is 0 Å². The third kappa shape index (κ3) is 1.18. The van der Waals surface area contributed by atoms with Gasteiger partial charge in [-0.05, 0) is 13.8 Å². The van der Waals surface area contributed by atoms with Gasteiger partial charge in [-0.1, -0.05) is 0 Å². The summed E-state index contributed by atoms with van der Waals surface area (Å²) in [4.78, 5) is 10.9. The fraction of sp³-hybridized carbons (Fsp3) is 0.833. The molecule has 64 valence electrons. The summed E-state index contributed by atoms with van der Waals surface area (Å²) in [6.07, 6.45) is 1.12. The SMILES string of the molecule is CC1C(=O)C(C)N1S(C)(=O)=O. The van der Waals surface area contributed by atoms with Crippen LogP contribution in [0.1, 0.15) is 13.8 Å². The quantitative estimate of drug-likeness (QED) is 0.548. The molecule has 0 aromatic carbocycles. The van der Waals surface area contributed by atoms with E-state index in [1.807, 2.05) is 0 Å². The van der Waals surface area contributed by atoms with Crippen molar-refractivity contribution >= 4 is 15.8 Å². The van der Waals surface area contributed by atoms with Gasteiger partial charge in [0, 0.05) is 0 Å². The minimum Gasteiger partial charge on any atom is -0.296 e. The third-order valence-electron chi connectivity index (χ3n) is 1.97. The molecule has 2 atom stereocenters. The number of nitrogens with zero attached hydrogens (tertiary/aromatic N) is 1. The highest BCUT2D eigenvalue weighted by Crippen LogP contribution is 2.23. The molecule has 1 aliphatic rings. The van der Waals surface area contributed by atoms with Crippen LogP contribution in [-0.4, -0.2) is 36.8 Å². The molecule has 0 amide bonds. The maximum atomic E-state index is 11.0. The molecule has 1 fully saturated rings. The predicted molar refractivity (Wildman–Crippen MR) is 40.6 cm³/mol. The highest BCUT2D eigenvalue weighted by atomic mass is 32.2. The van der Waals surface area contributed by atoms with Gasteiger partial charge >= 0.3 is 0 Å². The second kappa shape index (κ2) is 2.28. The molecule has 0 aliphatic carbocycles. The minimum absolute atomic E-state index is 0.00424. The molecular weight excluding hydrogens is 166 g/mol. The fourth-order valence-electron chi connectivity index (χ4n) is 1.43. The maximum Gasteiger partial charge on any atom is 0.212 e. The number of carbonyl (C=O) groups excluding carboxylic acids is 1. The molecule has 2 unspecified atom stereocenters. The molecule has 0 bridgehead atoms. The van der Waals surface area contributed by atoms with E-state index in [2.05, 4.69) is 0 Å². The zero-order chi connectivity index (χ0) is 8.81. The van der Waals surface area contributed by atoms with Crippen LogP contribution < -0.4 is 0 Å². The fourth-order valence-corrected chi connectivity index (χ4v) is 2.78. The molecular formula is C6H11NO3S. The van der Waals surface area contributed by atoms with Crippen LogP contribution in [-0.2, 0) is 14.8 Å². The molecule has 5 heteroatoms. The van der Waals surface area contributed by atoms with Crippen molar-refractivity contribution in [2.24, 2.45) is 0 Å². The van der Waals surface area contributed by atoms with E-state index in [0.29, 0.717) is 0 Å². The summed E-state index contributed by atoms with van der Waals surface area (Å²) in [6.45, 7) is 3.20. The van der Waals surface area contributed by atoms with Gasteiger partial charge in [-0.2, -0.15) is 4.31 Å². The van der Waals surface area contributed by atoms with Crippen LogP contribution in [0.3, 0.4) is 0 Å². The molecule has 1 saturated heterocycles. The number of hydrogen-bond acceptors (Lipinski definition) is 3. The van der Waals surface area contributed by atoms with Gasteiger partial charge in [-0.3, -0.25) is 4.79 Å². The Morgan fingerprint density at radius 2 is 1.64 bits per heavy atom. The van der Waals surface area contributed by atoms with E-state index in [-0.39, 0.29) is 5.78 Å². The zero-order valence-corrected chi connectivity index (χ0v) is 7.55. The monoisotopic (exact) mass is 177 g/mol. The van der Waals surface area contributed by atoms with Crippen molar-refractivity contribution in [3.05, 3.63) is 0 Å². The first-order valence-electron chi connectivity index (χ1n) is 3.38. The average Bonchev–Trinajstić information content (AvgIpc) is 1.85. The van der Waals surface area contributed by atoms with Gasteiger partial charge in [0.1, 0.15) is 0 Å². The number of Topliss-reactive ketones (excluding diaryl/α,β-unsaturated/α-hetero) is 1. The molecule has 0 N–H and O–H groups in total. The first kappa shape index (κ1) is 8.67. The number of sulfonamides is 1. The van der Waals surface area contributed by atoms with E-state index < -0.39 is 22.1 Å².